The van der Waals surface area contributed by atoms with Gasteiger partial charge in [-0.2, -0.15) is 0 Å². The normalized spacial score (nSPS) is 22.1. The molecule has 0 heterocycles. The molecule has 2 aliphatic carbocycles. The Balaban J connectivity index is 1.46. The second kappa shape index (κ2) is 7.01. The summed E-state index contributed by atoms with van der Waals surface area (Å²) in [7, 11) is 0. The maximum absolute atomic E-state index is 13.0. The molecule has 6 heteroatoms. The average Bonchev–Trinajstić information content (AvgIpc) is 3.14. The van der Waals surface area contributed by atoms with Crippen LogP contribution in [0.2, 0.25) is 0 Å². The van der Waals surface area contributed by atoms with Gasteiger partial charge in [0.2, 0.25) is 0 Å². The largest absolute Gasteiger partial charge is 0.423 e. The van der Waals surface area contributed by atoms with Crippen LogP contribution in [-0.2, 0) is 0 Å². The summed E-state index contributed by atoms with van der Waals surface area (Å²) in [5, 5.41) is 12.5. The monoisotopic (exact) mass is 415 g/mol. The van der Waals surface area contributed by atoms with Crippen molar-refractivity contribution >= 4 is 28.2 Å². The van der Waals surface area contributed by atoms with E-state index in [1.54, 1.807) is 12.1 Å². The van der Waals surface area contributed by atoms with E-state index in [-0.39, 0.29) is 22.4 Å². The van der Waals surface area contributed by atoms with Crippen LogP contribution in [0.15, 0.2) is 54.6 Å². The number of nitrogens with zero attached hydrogens (tertiary/aromatic N) is 1. The third-order valence-corrected chi connectivity index (χ3v) is 6.85. The first-order chi connectivity index (χ1) is 14.9. The third-order valence-electron chi connectivity index (χ3n) is 6.85. The lowest BCUT2D eigenvalue weighted by Gasteiger charge is -2.37. The summed E-state index contributed by atoms with van der Waals surface area (Å²) < 4.78 is 5.47. The molecular weight excluding hydrogens is 394 g/mol. The highest BCUT2D eigenvalue weighted by Gasteiger charge is 2.46. The standard InChI is InChI=1S/C25H21NO5/c1-25-12-2-3-21(25)20-10-6-16-13-18(9-11-19(16)23(20)22(27)14-25)31-24(28)15-4-7-17(8-5-15)26(29)30/h4-11,13,21H,2-3,12,14H2,1H3/t21-,25-/m0/s1. The van der Waals surface area contributed by atoms with Gasteiger partial charge in [-0.25, -0.2) is 4.79 Å². The number of ether oxygens (including phenoxy) is 1. The van der Waals surface area contributed by atoms with Crippen LogP contribution in [0, 0.1) is 15.5 Å². The molecule has 31 heavy (non-hydrogen) atoms. The van der Waals surface area contributed by atoms with E-state index in [1.807, 2.05) is 12.1 Å². The Morgan fingerprint density at radius 3 is 2.65 bits per heavy atom. The van der Waals surface area contributed by atoms with Crippen molar-refractivity contribution in [3.05, 3.63) is 81.4 Å². The Bertz CT molecular complexity index is 1250. The predicted molar refractivity (Wildman–Crippen MR) is 116 cm³/mol. The number of esters is 1. The zero-order valence-corrected chi connectivity index (χ0v) is 17.1. The Morgan fingerprint density at radius 1 is 1.13 bits per heavy atom. The number of hydrogen-bond donors (Lipinski definition) is 0. The second-order valence-electron chi connectivity index (χ2n) is 8.81. The van der Waals surface area contributed by atoms with Crippen molar-refractivity contribution in [2.75, 3.05) is 0 Å². The molecular formula is C25H21NO5. The molecule has 2 atom stereocenters. The highest BCUT2D eigenvalue weighted by Crippen LogP contribution is 2.56. The van der Waals surface area contributed by atoms with Crippen molar-refractivity contribution in [3.63, 3.8) is 0 Å². The lowest BCUT2D eigenvalue weighted by atomic mass is 9.66. The lowest BCUT2D eigenvalue weighted by molar-refractivity contribution is -0.384. The Labute approximate surface area is 179 Å². The summed E-state index contributed by atoms with van der Waals surface area (Å²) in [6.45, 7) is 2.23. The van der Waals surface area contributed by atoms with E-state index in [0.717, 1.165) is 41.2 Å². The number of carbonyl (C=O) groups excluding carboxylic acids is 2. The molecule has 3 aromatic carbocycles. The number of ketones is 1. The van der Waals surface area contributed by atoms with E-state index >= 15 is 0 Å². The fraction of sp³-hybridized carbons (Fsp3) is 0.280. The summed E-state index contributed by atoms with van der Waals surface area (Å²) in [5.74, 6) is 0.385. The van der Waals surface area contributed by atoms with Gasteiger partial charge in [0, 0.05) is 24.1 Å². The molecule has 0 N–H and O–H groups in total. The summed E-state index contributed by atoms with van der Waals surface area (Å²) >= 11 is 0. The van der Waals surface area contributed by atoms with E-state index in [1.165, 1.54) is 24.3 Å². The van der Waals surface area contributed by atoms with Crippen LogP contribution in [0.1, 0.15) is 64.8 Å². The van der Waals surface area contributed by atoms with Crippen molar-refractivity contribution in [1.29, 1.82) is 0 Å². The predicted octanol–water partition coefficient (Wildman–Crippen LogP) is 5.83. The molecule has 0 amide bonds. The molecule has 0 aliphatic heterocycles. The minimum absolute atomic E-state index is 0.0674. The van der Waals surface area contributed by atoms with Crippen LogP contribution in [0.5, 0.6) is 5.75 Å². The summed E-state index contributed by atoms with van der Waals surface area (Å²) in [4.78, 5) is 35.7. The molecule has 0 unspecified atom stereocenters. The van der Waals surface area contributed by atoms with Gasteiger partial charge in [-0.1, -0.05) is 25.5 Å². The summed E-state index contributed by atoms with van der Waals surface area (Å²) in [5.41, 5.74) is 2.18. The molecule has 1 saturated carbocycles. The number of non-ortho nitro benzene ring substituents is 1. The minimum atomic E-state index is -0.593. The van der Waals surface area contributed by atoms with Crippen LogP contribution in [-0.4, -0.2) is 16.7 Å². The van der Waals surface area contributed by atoms with Gasteiger partial charge in [-0.3, -0.25) is 14.9 Å². The van der Waals surface area contributed by atoms with Crippen LogP contribution >= 0.6 is 0 Å². The zero-order chi connectivity index (χ0) is 21.8. The first kappa shape index (κ1) is 19.4. The number of fused-ring (bicyclic) bond motifs is 5. The Kier molecular flexibility index (Phi) is 4.39. The fourth-order valence-electron chi connectivity index (χ4n) is 5.31. The topological polar surface area (TPSA) is 86.5 Å². The van der Waals surface area contributed by atoms with E-state index in [0.29, 0.717) is 18.1 Å². The Morgan fingerprint density at radius 2 is 1.90 bits per heavy atom. The molecule has 0 aromatic heterocycles. The number of nitro groups is 1. The minimum Gasteiger partial charge on any atom is -0.423 e. The van der Waals surface area contributed by atoms with E-state index in [4.69, 9.17) is 4.74 Å². The maximum Gasteiger partial charge on any atom is 0.343 e. The number of nitro benzene ring substituents is 1. The Hall–Kier alpha value is -3.54. The molecule has 0 saturated heterocycles. The highest BCUT2D eigenvalue weighted by atomic mass is 16.6. The number of rotatable bonds is 3. The van der Waals surface area contributed by atoms with Crippen molar-refractivity contribution in [2.45, 2.75) is 38.5 Å². The second-order valence-corrected chi connectivity index (χ2v) is 8.81. The van der Waals surface area contributed by atoms with E-state index < -0.39 is 10.9 Å². The van der Waals surface area contributed by atoms with Crippen LogP contribution in [0.4, 0.5) is 5.69 Å². The van der Waals surface area contributed by atoms with Gasteiger partial charge in [-0.15, -0.1) is 0 Å². The van der Waals surface area contributed by atoms with Crippen LogP contribution < -0.4 is 4.74 Å². The number of Topliss-reactive ketones (excluding diaryl/α,β-unsaturated/α-hetero) is 1. The molecule has 3 aromatic rings. The van der Waals surface area contributed by atoms with Gasteiger partial charge in [0.25, 0.3) is 5.69 Å². The van der Waals surface area contributed by atoms with Crippen molar-refractivity contribution in [1.82, 2.24) is 0 Å². The van der Waals surface area contributed by atoms with Crippen molar-refractivity contribution in [3.8, 4) is 5.75 Å². The molecule has 0 bridgehead atoms. The van der Waals surface area contributed by atoms with Crippen molar-refractivity contribution < 1.29 is 19.2 Å². The van der Waals surface area contributed by atoms with Crippen LogP contribution in [0.3, 0.4) is 0 Å². The first-order valence-electron chi connectivity index (χ1n) is 10.4. The van der Waals surface area contributed by atoms with Gasteiger partial charge >= 0.3 is 5.97 Å². The smallest absolute Gasteiger partial charge is 0.343 e. The number of hydrogen-bond acceptors (Lipinski definition) is 5. The fourth-order valence-corrected chi connectivity index (χ4v) is 5.31. The number of carbonyl (C=O) groups is 2. The van der Waals surface area contributed by atoms with Gasteiger partial charge in [-0.05, 0) is 70.8 Å². The van der Waals surface area contributed by atoms with Gasteiger partial charge in [0.15, 0.2) is 5.78 Å². The average molecular weight is 415 g/mol. The number of benzene rings is 3. The molecule has 0 spiro atoms. The summed E-state index contributed by atoms with van der Waals surface area (Å²) in [6, 6.07) is 14.6. The molecule has 5 rings (SSSR count). The lowest BCUT2D eigenvalue weighted by Crippen LogP contribution is -2.30. The van der Waals surface area contributed by atoms with Gasteiger partial charge in [0.05, 0.1) is 10.5 Å². The van der Waals surface area contributed by atoms with E-state index in [9.17, 15) is 19.7 Å². The zero-order valence-electron chi connectivity index (χ0n) is 17.1. The molecule has 1 fully saturated rings. The molecule has 2 aliphatic rings. The molecule has 6 nitrogen and oxygen atoms in total. The van der Waals surface area contributed by atoms with Gasteiger partial charge in [0.1, 0.15) is 5.75 Å². The van der Waals surface area contributed by atoms with Crippen molar-refractivity contribution in [2.24, 2.45) is 5.41 Å². The molecule has 0 radical (unpaired) electrons. The summed E-state index contributed by atoms with van der Waals surface area (Å²) in [6.07, 6.45) is 3.95. The first-order valence-corrected chi connectivity index (χ1v) is 10.4. The SMILES string of the molecule is C[C@@]12CCC[C@H]1c1ccc3cc(OC(=O)c4ccc([N+](=O)[O-])cc4)ccc3c1C(=O)C2. The third kappa shape index (κ3) is 3.19. The quantitative estimate of drug-likeness (QED) is 0.233. The van der Waals surface area contributed by atoms with Crippen LogP contribution in [0.25, 0.3) is 10.8 Å². The highest BCUT2D eigenvalue weighted by molar-refractivity contribution is 6.11. The van der Waals surface area contributed by atoms with Gasteiger partial charge < -0.3 is 4.74 Å². The van der Waals surface area contributed by atoms with E-state index in [2.05, 4.69) is 13.0 Å². The molecule has 156 valence electrons. The maximum atomic E-state index is 13.0.